The first-order valence-electron chi connectivity index (χ1n) is 4.94. The molecule has 0 saturated heterocycles. The Balaban J connectivity index is 1.92. The van der Waals surface area contributed by atoms with Crippen molar-refractivity contribution in [1.29, 1.82) is 0 Å². The molecule has 2 nitrogen and oxygen atoms in total. The lowest BCUT2D eigenvalue weighted by atomic mass is 10.2. The fourth-order valence-electron chi connectivity index (χ4n) is 1.54. The van der Waals surface area contributed by atoms with Gasteiger partial charge in [-0.3, -0.25) is 0 Å². The van der Waals surface area contributed by atoms with Gasteiger partial charge in [-0.1, -0.05) is 24.6 Å². The van der Waals surface area contributed by atoms with Crippen LogP contribution >= 0.6 is 11.6 Å². The van der Waals surface area contributed by atoms with Gasteiger partial charge in [-0.15, -0.1) is 0 Å². The van der Waals surface area contributed by atoms with Crippen molar-refractivity contribution < 1.29 is 0 Å². The molecule has 1 saturated carbocycles. The zero-order chi connectivity index (χ0) is 10.1. The first-order valence-corrected chi connectivity index (χ1v) is 5.32. The fraction of sp³-hybridized carbons (Fsp3) is 0.455. The third-order valence-corrected chi connectivity index (χ3v) is 3.07. The van der Waals surface area contributed by atoms with Gasteiger partial charge in [-0.2, -0.15) is 0 Å². The van der Waals surface area contributed by atoms with E-state index in [1.54, 1.807) is 0 Å². The molecule has 76 valence electrons. The van der Waals surface area contributed by atoms with Crippen LogP contribution in [0, 0.1) is 5.92 Å². The third-order valence-electron chi connectivity index (χ3n) is 2.74. The van der Waals surface area contributed by atoms with Gasteiger partial charge >= 0.3 is 0 Å². The highest BCUT2D eigenvalue weighted by Gasteiger charge is 2.31. The Morgan fingerprint density at radius 1 is 1.57 bits per heavy atom. The summed E-state index contributed by atoms with van der Waals surface area (Å²) in [5.41, 5.74) is 7.47. The summed E-state index contributed by atoms with van der Waals surface area (Å²) in [6, 6.07) is 6.50. The van der Waals surface area contributed by atoms with E-state index < -0.39 is 0 Å². The number of hydrogen-bond acceptors (Lipinski definition) is 2. The standard InChI is InChI=1S/C11H15ClN2/c1-7-4-11(7)14-6-8-2-3-10(13)9(12)5-8/h2-3,5,7,11,14H,4,6,13H2,1H3. The van der Waals surface area contributed by atoms with Crippen molar-refractivity contribution >= 4 is 17.3 Å². The number of rotatable bonds is 3. The molecule has 2 rings (SSSR count). The van der Waals surface area contributed by atoms with E-state index in [0.29, 0.717) is 16.8 Å². The molecule has 0 amide bonds. The van der Waals surface area contributed by atoms with Crippen molar-refractivity contribution in [3.05, 3.63) is 28.8 Å². The van der Waals surface area contributed by atoms with Crippen molar-refractivity contribution in [2.24, 2.45) is 5.92 Å². The average Bonchev–Trinajstić information content (AvgIpc) is 2.85. The quantitative estimate of drug-likeness (QED) is 0.753. The second kappa shape index (κ2) is 3.79. The molecule has 2 atom stereocenters. The van der Waals surface area contributed by atoms with Gasteiger partial charge in [0, 0.05) is 12.6 Å². The minimum atomic E-state index is 0.646. The van der Waals surface area contributed by atoms with E-state index in [1.807, 2.05) is 18.2 Å². The zero-order valence-electron chi connectivity index (χ0n) is 8.26. The van der Waals surface area contributed by atoms with E-state index in [4.69, 9.17) is 17.3 Å². The molecule has 0 aliphatic heterocycles. The van der Waals surface area contributed by atoms with Crippen LogP contribution in [0.1, 0.15) is 18.9 Å². The Hall–Kier alpha value is -0.730. The van der Waals surface area contributed by atoms with E-state index in [9.17, 15) is 0 Å². The molecule has 0 radical (unpaired) electrons. The number of hydrogen-bond donors (Lipinski definition) is 2. The summed E-state index contributed by atoms with van der Waals surface area (Å²) in [6.07, 6.45) is 1.29. The third kappa shape index (κ3) is 2.20. The molecule has 0 aromatic heterocycles. The zero-order valence-corrected chi connectivity index (χ0v) is 9.01. The Morgan fingerprint density at radius 3 is 2.86 bits per heavy atom. The summed E-state index contributed by atoms with van der Waals surface area (Å²) in [5, 5.41) is 4.12. The Morgan fingerprint density at radius 2 is 2.29 bits per heavy atom. The van der Waals surface area contributed by atoms with E-state index >= 15 is 0 Å². The van der Waals surface area contributed by atoms with E-state index in [-0.39, 0.29) is 0 Å². The summed E-state index contributed by atoms with van der Waals surface area (Å²) in [7, 11) is 0. The van der Waals surface area contributed by atoms with Gasteiger partial charge in [0.1, 0.15) is 0 Å². The number of anilines is 1. The van der Waals surface area contributed by atoms with Crippen LogP contribution in [0.15, 0.2) is 18.2 Å². The van der Waals surface area contributed by atoms with E-state index in [1.165, 1.54) is 12.0 Å². The monoisotopic (exact) mass is 210 g/mol. The number of nitrogens with one attached hydrogen (secondary N) is 1. The predicted octanol–water partition coefficient (Wildman–Crippen LogP) is 2.42. The summed E-state index contributed by atoms with van der Waals surface area (Å²) in [5.74, 6) is 0.833. The van der Waals surface area contributed by atoms with Crippen molar-refractivity contribution in [3.8, 4) is 0 Å². The van der Waals surface area contributed by atoms with Crippen LogP contribution in [-0.2, 0) is 6.54 Å². The molecule has 0 spiro atoms. The second-order valence-corrected chi connectivity index (χ2v) is 4.46. The molecule has 1 aromatic carbocycles. The molecule has 1 aliphatic rings. The number of nitrogen functional groups attached to an aromatic ring is 1. The Kier molecular flexibility index (Phi) is 2.66. The predicted molar refractivity (Wildman–Crippen MR) is 60.3 cm³/mol. The lowest BCUT2D eigenvalue weighted by molar-refractivity contribution is 0.653. The lowest BCUT2D eigenvalue weighted by Gasteiger charge is -2.05. The SMILES string of the molecule is CC1CC1NCc1ccc(N)c(Cl)c1. The molecule has 2 unspecified atom stereocenters. The Bertz CT molecular complexity index is 338. The second-order valence-electron chi connectivity index (χ2n) is 4.06. The largest absolute Gasteiger partial charge is 0.398 e. The van der Waals surface area contributed by atoms with Gasteiger partial charge in [-0.25, -0.2) is 0 Å². The molecular formula is C11H15ClN2. The first kappa shape index (κ1) is 9.81. The smallest absolute Gasteiger partial charge is 0.0638 e. The first-order chi connectivity index (χ1) is 6.66. The van der Waals surface area contributed by atoms with Crippen molar-refractivity contribution in [3.63, 3.8) is 0 Å². The number of nitrogens with two attached hydrogens (primary N) is 1. The molecule has 3 N–H and O–H groups in total. The van der Waals surface area contributed by atoms with Gasteiger partial charge in [-0.05, 0) is 30.0 Å². The number of benzene rings is 1. The summed E-state index contributed by atoms with van der Waals surface area (Å²) >= 11 is 5.92. The minimum Gasteiger partial charge on any atom is -0.398 e. The molecule has 0 heterocycles. The normalized spacial score (nSPS) is 25.0. The van der Waals surface area contributed by atoms with E-state index in [0.717, 1.165) is 12.5 Å². The highest BCUT2D eigenvalue weighted by Crippen LogP contribution is 2.29. The van der Waals surface area contributed by atoms with Crippen LogP contribution < -0.4 is 11.1 Å². The van der Waals surface area contributed by atoms with E-state index in [2.05, 4.69) is 12.2 Å². The highest BCUT2D eigenvalue weighted by atomic mass is 35.5. The van der Waals surface area contributed by atoms with Crippen LogP contribution in [0.5, 0.6) is 0 Å². The van der Waals surface area contributed by atoms with Gasteiger partial charge in [0.05, 0.1) is 10.7 Å². The van der Waals surface area contributed by atoms with Crippen LogP contribution in [0.3, 0.4) is 0 Å². The van der Waals surface area contributed by atoms with Gasteiger partial charge in [0.25, 0.3) is 0 Å². The van der Waals surface area contributed by atoms with Crippen LogP contribution in [0.2, 0.25) is 5.02 Å². The molecule has 14 heavy (non-hydrogen) atoms. The summed E-state index contributed by atoms with van der Waals surface area (Å²) in [6.45, 7) is 3.14. The maximum absolute atomic E-state index is 5.92. The molecule has 1 fully saturated rings. The number of halogens is 1. The highest BCUT2D eigenvalue weighted by molar-refractivity contribution is 6.33. The average molecular weight is 211 g/mol. The minimum absolute atomic E-state index is 0.646. The molecule has 1 aromatic rings. The van der Waals surface area contributed by atoms with Gasteiger partial charge in [0.2, 0.25) is 0 Å². The van der Waals surface area contributed by atoms with Crippen LogP contribution in [0.4, 0.5) is 5.69 Å². The van der Waals surface area contributed by atoms with Crippen molar-refractivity contribution in [2.75, 3.05) is 5.73 Å². The van der Waals surface area contributed by atoms with Crippen molar-refractivity contribution in [2.45, 2.75) is 25.9 Å². The molecular weight excluding hydrogens is 196 g/mol. The summed E-state index contributed by atoms with van der Waals surface area (Å²) in [4.78, 5) is 0. The Labute approximate surface area is 89.4 Å². The van der Waals surface area contributed by atoms with Crippen molar-refractivity contribution in [1.82, 2.24) is 5.32 Å². The topological polar surface area (TPSA) is 38.0 Å². The fourth-order valence-corrected chi connectivity index (χ4v) is 1.74. The molecule has 1 aliphatic carbocycles. The van der Waals surface area contributed by atoms with Crippen LogP contribution in [0.25, 0.3) is 0 Å². The maximum atomic E-state index is 5.92. The van der Waals surface area contributed by atoms with Gasteiger partial charge < -0.3 is 11.1 Å². The molecule has 3 heteroatoms. The van der Waals surface area contributed by atoms with Gasteiger partial charge in [0.15, 0.2) is 0 Å². The lowest BCUT2D eigenvalue weighted by Crippen LogP contribution is -2.16. The molecule has 0 bridgehead atoms. The maximum Gasteiger partial charge on any atom is 0.0638 e. The summed E-state index contributed by atoms with van der Waals surface area (Å²) < 4.78 is 0. The van der Waals surface area contributed by atoms with Crippen LogP contribution in [-0.4, -0.2) is 6.04 Å².